The van der Waals surface area contributed by atoms with Crippen LogP contribution in [0.4, 0.5) is 68.2 Å². The summed E-state index contributed by atoms with van der Waals surface area (Å²) in [6, 6.07) is 82.0. The van der Waals surface area contributed by atoms with E-state index in [-0.39, 0.29) is 0 Å². The van der Waals surface area contributed by atoms with E-state index in [1.165, 1.54) is 0 Å². The number of para-hydroxylation sites is 8. The third-order valence-corrected chi connectivity index (χ3v) is 17.9. The Morgan fingerprint density at radius 1 is 0.250 bits per heavy atom. The summed E-state index contributed by atoms with van der Waals surface area (Å²) in [6.45, 7) is 0. The molecule has 0 unspecified atom stereocenters. The second kappa shape index (κ2) is 17.3. The second-order valence-corrected chi connectivity index (χ2v) is 21.8. The van der Waals surface area contributed by atoms with Crippen LogP contribution < -0.4 is 19.6 Å². The molecule has 10 heteroatoms. The predicted molar refractivity (Wildman–Crippen MR) is 297 cm³/mol. The van der Waals surface area contributed by atoms with E-state index in [2.05, 4.69) is 250 Å². The van der Waals surface area contributed by atoms with Crippen molar-refractivity contribution in [1.82, 2.24) is 0 Å². The molecule has 0 spiro atoms. The van der Waals surface area contributed by atoms with Gasteiger partial charge in [-0.25, -0.2) is 0 Å². The first kappa shape index (κ1) is 42.6. The maximum absolute atomic E-state index is 11.4. The van der Waals surface area contributed by atoms with E-state index >= 15 is 0 Å². The second-order valence-electron chi connectivity index (χ2n) is 17.5. The molecule has 72 heavy (non-hydrogen) atoms. The van der Waals surface area contributed by atoms with Crippen molar-refractivity contribution >= 4 is 115 Å². The Bertz CT molecular complexity index is 3550. The SMILES string of the molecule is N#Cc1cc(-c2cc(C#N)cc(N3c4ccccc4Sc4ccccc43)c2N2c3ccccc3Sc3ccccc32)c(N2c3ccccc3Sc3ccccc32)c(N2c3ccccc3Sc3ccccc32)c1. The molecular weight excluding hydrogens is 957 g/mol. The van der Waals surface area contributed by atoms with Crippen LogP contribution in [0, 0.1) is 22.7 Å². The molecule has 10 aromatic rings. The van der Waals surface area contributed by atoms with Gasteiger partial charge in [0.25, 0.3) is 0 Å². The zero-order chi connectivity index (χ0) is 47.9. The van der Waals surface area contributed by atoms with Crippen molar-refractivity contribution in [1.29, 1.82) is 10.5 Å². The Balaban J connectivity index is 1.19. The van der Waals surface area contributed by atoms with Crippen LogP contribution in [0.1, 0.15) is 11.1 Å². The minimum Gasteiger partial charge on any atom is -0.306 e. The normalized spacial score (nSPS) is 13.5. The van der Waals surface area contributed by atoms with Gasteiger partial charge in [0.15, 0.2) is 0 Å². The highest BCUT2D eigenvalue weighted by Crippen LogP contribution is 2.64. The topological polar surface area (TPSA) is 60.5 Å². The first-order chi connectivity index (χ1) is 35.6. The molecule has 4 heterocycles. The van der Waals surface area contributed by atoms with Gasteiger partial charge in [-0.1, -0.05) is 144 Å². The third kappa shape index (κ3) is 6.76. The van der Waals surface area contributed by atoms with Crippen LogP contribution in [0.15, 0.2) is 258 Å². The van der Waals surface area contributed by atoms with Gasteiger partial charge >= 0.3 is 0 Å². The summed E-state index contributed by atoms with van der Waals surface area (Å²) in [6.07, 6.45) is 0. The predicted octanol–water partition coefficient (Wildman–Crippen LogP) is 18.8. The average Bonchev–Trinajstić information content (AvgIpc) is 3.44. The summed E-state index contributed by atoms with van der Waals surface area (Å²) in [5.41, 5.74) is 14.1. The Morgan fingerprint density at radius 2 is 0.458 bits per heavy atom. The summed E-state index contributed by atoms with van der Waals surface area (Å²) >= 11 is 7.03. The number of hydrogen-bond donors (Lipinski definition) is 0. The van der Waals surface area contributed by atoms with Gasteiger partial charge in [-0.15, -0.1) is 0 Å². The molecule has 0 aliphatic carbocycles. The first-order valence-corrected chi connectivity index (χ1v) is 26.7. The van der Waals surface area contributed by atoms with E-state index < -0.39 is 0 Å². The van der Waals surface area contributed by atoms with E-state index in [0.717, 1.165) is 119 Å². The number of fused-ring (bicyclic) bond motifs is 8. The lowest BCUT2D eigenvalue weighted by Crippen LogP contribution is -2.23. The molecular formula is C62H36N6S4. The summed E-state index contributed by atoms with van der Waals surface area (Å²) in [4.78, 5) is 18.3. The monoisotopic (exact) mass is 992 g/mol. The molecule has 4 aliphatic rings. The Hall–Kier alpha value is -8.22. The fraction of sp³-hybridized carbons (Fsp3) is 0. The van der Waals surface area contributed by atoms with Gasteiger partial charge in [-0.3, -0.25) is 0 Å². The van der Waals surface area contributed by atoms with Crippen LogP contribution in [0.2, 0.25) is 0 Å². The zero-order valence-corrected chi connectivity index (χ0v) is 41.4. The van der Waals surface area contributed by atoms with Gasteiger partial charge in [0, 0.05) is 50.3 Å². The van der Waals surface area contributed by atoms with Crippen molar-refractivity contribution in [2.75, 3.05) is 19.6 Å². The van der Waals surface area contributed by atoms with Crippen LogP contribution in [0.25, 0.3) is 11.1 Å². The van der Waals surface area contributed by atoms with Crippen molar-refractivity contribution in [2.24, 2.45) is 0 Å². The first-order valence-electron chi connectivity index (χ1n) is 23.4. The lowest BCUT2D eigenvalue weighted by Gasteiger charge is -2.42. The summed E-state index contributed by atoms with van der Waals surface area (Å²) in [7, 11) is 0. The van der Waals surface area contributed by atoms with Gasteiger partial charge < -0.3 is 19.6 Å². The summed E-state index contributed by atoms with van der Waals surface area (Å²) in [5, 5.41) is 22.9. The Kier molecular flexibility index (Phi) is 10.2. The minimum atomic E-state index is 0.486. The number of nitrogens with zero attached hydrogens (tertiary/aromatic N) is 6. The van der Waals surface area contributed by atoms with Crippen molar-refractivity contribution in [3.8, 4) is 23.3 Å². The quantitative estimate of drug-likeness (QED) is 0.167. The molecule has 10 aromatic carbocycles. The summed E-state index contributed by atoms with van der Waals surface area (Å²) in [5.74, 6) is 0. The molecule has 0 fully saturated rings. The van der Waals surface area contributed by atoms with Crippen molar-refractivity contribution in [3.63, 3.8) is 0 Å². The van der Waals surface area contributed by atoms with Crippen molar-refractivity contribution in [3.05, 3.63) is 230 Å². The van der Waals surface area contributed by atoms with Crippen LogP contribution in [0.5, 0.6) is 0 Å². The molecule has 4 aliphatic heterocycles. The smallest absolute Gasteiger partial charge is 0.0992 e. The van der Waals surface area contributed by atoms with Crippen LogP contribution in [-0.2, 0) is 0 Å². The molecule has 0 radical (unpaired) electrons. The number of nitriles is 2. The highest BCUT2D eigenvalue weighted by atomic mass is 32.2. The highest BCUT2D eigenvalue weighted by molar-refractivity contribution is 8.00. The largest absolute Gasteiger partial charge is 0.306 e. The van der Waals surface area contributed by atoms with E-state index in [9.17, 15) is 10.5 Å². The molecule has 0 saturated carbocycles. The van der Waals surface area contributed by atoms with Gasteiger partial charge in [-0.05, 0) is 121 Å². The lowest BCUT2D eigenvalue weighted by atomic mass is 9.92. The molecule has 0 atom stereocenters. The molecule has 6 nitrogen and oxygen atoms in total. The number of hydrogen-bond acceptors (Lipinski definition) is 10. The third-order valence-electron chi connectivity index (χ3n) is 13.4. The molecule has 0 saturated heterocycles. The van der Waals surface area contributed by atoms with E-state index in [0.29, 0.717) is 11.1 Å². The number of benzene rings is 10. The van der Waals surface area contributed by atoms with Crippen LogP contribution >= 0.6 is 47.0 Å². The number of anilines is 12. The van der Waals surface area contributed by atoms with Gasteiger partial charge in [0.05, 0.1) is 91.5 Å². The van der Waals surface area contributed by atoms with Crippen molar-refractivity contribution in [2.45, 2.75) is 39.2 Å². The minimum absolute atomic E-state index is 0.486. The average molecular weight is 993 g/mol. The van der Waals surface area contributed by atoms with E-state index in [1.807, 2.05) is 0 Å². The standard InChI is InChI=1S/C62H36N6S4/c63-37-39-33-41(61(67-47-21-5-13-29-57(47)71-58-30-14-6-22-48(58)67)51(35-39)65-43-17-1-9-25-53(43)69-54-26-10-2-18-44(54)65)42-34-40(38-64)36-52(66-45-19-3-11-27-55(45)70-56-28-12-4-20-46(56)66)62(42)68-49-23-7-15-31-59(49)72-60-32-16-8-24-50(60)68/h1-36H. The van der Waals surface area contributed by atoms with E-state index in [4.69, 9.17) is 0 Å². The van der Waals surface area contributed by atoms with Gasteiger partial charge in [0.2, 0.25) is 0 Å². The molecule has 14 rings (SSSR count). The van der Waals surface area contributed by atoms with Gasteiger partial charge in [-0.2, -0.15) is 10.5 Å². The summed E-state index contributed by atoms with van der Waals surface area (Å²) < 4.78 is 0. The fourth-order valence-corrected chi connectivity index (χ4v) is 14.6. The molecule has 0 aromatic heterocycles. The molecule has 0 amide bonds. The molecule has 0 bridgehead atoms. The molecule has 0 N–H and O–H groups in total. The van der Waals surface area contributed by atoms with Crippen molar-refractivity contribution < 1.29 is 0 Å². The zero-order valence-electron chi connectivity index (χ0n) is 38.1. The highest BCUT2D eigenvalue weighted by Gasteiger charge is 2.38. The Morgan fingerprint density at radius 3 is 0.681 bits per heavy atom. The number of rotatable bonds is 5. The molecule has 338 valence electrons. The maximum atomic E-state index is 11.4. The van der Waals surface area contributed by atoms with Crippen LogP contribution in [-0.4, -0.2) is 0 Å². The van der Waals surface area contributed by atoms with Crippen LogP contribution in [0.3, 0.4) is 0 Å². The maximum Gasteiger partial charge on any atom is 0.0992 e. The lowest BCUT2D eigenvalue weighted by molar-refractivity contribution is 1.12. The fourth-order valence-electron chi connectivity index (χ4n) is 10.4. The van der Waals surface area contributed by atoms with E-state index in [1.54, 1.807) is 47.0 Å². The Labute approximate surface area is 434 Å². The van der Waals surface area contributed by atoms with Gasteiger partial charge in [0.1, 0.15) is 0 Å².